The molecule has 3 aromatic rings. The van der Waals surface area contributed by atoms with Crippen molar-refractivity contribution in [2.45, 2.75) is 6.54 Å². The summed E-state index contributed by atoms with van der Waals surface area (Å²) in [4.78, 5) is 16.4. The highest BCUT2D eigenvalue weighted by Crippen LogP contribution is 2.17. The van der Waals surface area contributed by atoms with Crippen LogP contribution in [-0.4, -0.2) is 10.9 Å². The van der Waals surface area contributed by atoms with Crippen LogP contribution >= 0.6 is 15.9 Å². The fourth-order valence-electron chi connectivity index (χ4n) is 2.01. The monoisotopic (exact) mass is 356 g/mol. The number of furan rings is 1. The number of halogens is 1. The maximum Gasteiger partial charge on any atom is 0.251 e. The highest BCUT2D eigenvalue weighted by Gasteiger charge is 2.06. The van der Waals surface area contributed by atoms with Crippen molar-refractivity contribution >= 4 is 21.8 Å². The second-order valence-electron chi connectivity index (χ2n) is 4.72. The summed E-state index contributed by atoms with van der Waals surface area (Å²) in [5, 5.41) is 2.87. The SMILES string of the molecule is O=C(NCc1ccc(-c2ccco2)nc1)c1cccc(Br)c1. The van der Waals surface area contributed by atoms with Crippen LogP contribution in [0.4, 0.5) is 0 Å². The summed E-state index contributed by atoms with van der Waals surface area (Å²) in [5.74, 6) is 0.612. The molecule has 0 fully saturated rings. The Morgan fingerprint density at radius 2 is 2.09 bits per heavy atom. The molecular formula is C17H13BrN2O2. The molecule has 2 heterocycles. The molecule has 0 radical (unpaired) electrons. The van der Waals surface area contributed by atoms with Gasteiger partial charge in [-0.3, -0.25) is 9.78 Å². The van der Waals surface area contributed by atoms with Crippen molar-refractivity contribution in [1.82, 2.24) is 10.3 Å². The average Bonchev–Trinajstić information content (AvgIpc) is 3.07. The van der Waals surface area contributed by atoms with Crippen LogP contribution < -0.4 is 5.32 Å². The van der Waals surface area contributed by atoms with Crippen LogP contribution in [0.2, 0.25) is 0 Å². The van der Waals surface area contributed by atoms with Gasteiger partial charge in [-0.15, -0.1) is 0 Å². The topological polar surface area (TPSA) is 55.1 Å². The Hall–Kier alpha value is -2.40. The summed E-state index contributed by atoms with van der Waals surface area (Å²) >= 11 is 3.35. The minimum atomic E-state index is -0.114. The molecule has 0 aliphatic rings. The van der Waals surface area contributed by atoms with Gasteiger partial charge in [0.2, 0.25) is 0 Å². The zero-order valence-electron chi connectivity index (χ0n) is 11.6. The zero-order chi connectivity index (χ0) is 15.4. The first-order valence-corrected chi connectivity index (χ1v) is 7.54. The van der Waals surface area contributed by atoms with Crippen molar-refractivity contribution in [2.24, 2.45) is 0 Å². The van der Waals surface area contributed by atoms with E-state index in [0.717, 1.165) is 21.5 Å². The number of pyridine rings is 1. The lowest BCUT2D eigenvalue weighted by atomic mass is 10.2. The Balaban J connectivity index is 1.63. The molecule has 1 N–H and O–H groups in total. The molecule has 0 bridgehead atoms. The number of aromatic nitrogens is 1. The maximum absolute atomic E-state index is 12.1. The van der Waals surface area contributed by atoms with E-state index in [4.69, 9.17) is 4.42 Å². The summed E-state index contributed by atoms with van der Waals surface area (Å²) < 4.78 is 6.17. The molecule has 0 atom stereocenters. The molecule has 0 saturated carbocycles. The van der Waals surface area contributed by atoms with E-state index in [9.17, 15) is 4.79 Å². The van der Waals surface area contributed by atoms with Gasteiger partial charge in [0, 0.05) is 22.8 Å². The van der Waals surface area contributed by atoms with Gasteiger partial charge in [0.1, 0.15) is 5.69 Å². The smallest absolute Gasteiger partial charge is 0.251 e. The van der Waals surface area contributed by atoms with Gasteiger partial charge in [-0.2, -0.15) is 0 Å². The van der Waals surface area contributed by atoms with Gasteiger partial charge in [-0.25, -0.2) is 0 Å². The molecule has 2 aromatic heterocycles. The molecule has 1 amide bonds. The van der Waals surface area contributed by atoms with Gasteiger partial charge in [0.25, 0.3) is 5.91 Å². The fraction of sp³-hybridized carbons (Fsp3) is 0.0588. The van der Waals surface area contributed by atoms with E-state index >= 15 is 0 Å². The molecular weight excluding hydrogens is 344 g/mol. The Morgan fingerprint density at radius 3 is 2.77 bits per heavy atom. The van der Waals surface area contributed by atoms with Gasteiger partial charge >= 0.3 is 0 Å². The first-order valence-electron chi connectivity index (χ1n) is 6.75. The van der Waals surface area contributed by atoms with Crippen LogP contribution in [-0.2, 0) is 6.54 Å². The molecule has 0 saturated heterocycles. The van der Waals surface area contributed by atoms with Crippen molar-refractivity contribution in [3.8, 4) is 11.5 Å². The maximum atomic E-state index is 12.1. The van der Waals surface area contributed by atoms with Crippen molar-refractivity contribution < 1.29 is 9.21 Å². The van der Waals surface area contributed by atoms with Crippen molar-refractivity contribution in [3.05, 3.63) is 76.6 Å². The Bertz CT molecular complexity index is 768. The summed E-state index contributed by atoms with van der Waals surface area (Å²) in [5.41, 5.74) is 2.32. The highest BCUT2D eigenvalue weighted by atomic mass is 79.9. The van der Waals surface area contributed by atoms with Crippen LogP contribution in [0, 0.1) is 0 Å². The Labute approximate surface area is 136 Å². The summed E-state index contributed by atoms with van der Waals surface area (Å²) in [7, 11) is 0. The third-order valence-corrected chi connectivity index (χ3v) is 3.63. The number of hydrogen-bond acceptors (Lipinski definition) is 3. The first kappa shape index (κ1) is 14.5. The number of rotatable bonds is 4. The number of carbonyl (C=O) groups is 1. The Morgan fingerprint density at radius 1 is 1.18 bits per heavy atom. The molecule has 0 aliphatic carbocycles. The molecule has 1 aromatic carbocycles. The lowest BCUT2D eigenvalue weighted by molar-refractivity contribution is 0.0951. The predicted molar refractivity (Wildman–Crippen MR) is 87.3 cm³/mol. The van der Waals surface area contributed by atoms with Crippen LogP contribution in [0.1, 0.15) is 15.9 Å². The van der Waals surface area contributed by atoms with Crippen molar-refractivity contribution in [3.63, 3.8) is 0 Å². The molecule has 22 heavy (non-hydrogen) atoms. The van der Waals surface area contributed by atoms with Gasteiger partial charge in [-0.05, 0) is 42.0 Å². The normalized spacial score (nSPS) is 10.4. The summed E-state index contributed by atoms with van der Waals surface area (Å²) in [6, 6.07) is 14.8. The average molecular weight is 357 g/mol. The summed E-state index contributed by atoms with van der Waals surface area (Å²) in [6.07, 6.45) is 3.35. The van der Waals surface area contributed by atoms with Gasteiger partial charge in [0.15, 0.2) is 5.76 Å². The van der Waals surface area contributed by atoms with E-state index in [2.05, 4.69) is 26.2 Å². The quantitative estimate of drug-likeness (QED) is 0.767. The minimum absolute atomic E-state index is 0.114. The van der Waals surface area contributed by atoms with Gasteiger partial charge < -0.3 is 9.73 Å². The molecule has 0 unspecified atom stereocenters. The summed E-state index contributed by atoms with van der Waals surface area (Å²) in [6.45, 7) is 0.427. The largest absolute Gasteiger partial charge is 0.463 e. The van der Waals surface area contributed by atoms with Crippen LogP contribution in [0.5, 0.6) is 0 Å². The van der Waals surface area contributed by atoms with Gasteiger partial charge in [-0.1, -0.05) is 28.1 Å². The second-order valence-corrected chi connectivity index (χ2v) is 5.64. The zero-order valence-corrected chi connectivity index (χ0v) is 13.2. The van der Waals surface area contributed by atoms with E-state index in [-0.39, 0.29) is 5.91 Å². The van der Waals surface area contributed by atoms with E-state index < -0.39 is 0 Å². The van der Waals surface area contributed by atoms with Crippen LogP contribution in [0.3, 0.4) is 0 Å². The standard InChI is InChI=1S/C17H13BrN2O2/c18-14-4-1-3-13(9-14)17(21)20-11-12-6-7-15(19-10-12)16-5-2-8-22-16/h1-10H,11H2,(H,20,21). The first-order chi connectivity index (χ1) is 10.7. The highest BCUT2D eigenvalue weighted by molar-refractivity contribution is 9.10. The third-order valence-electron chi connectivity index (χ3n) is 3.14. The third kappa shape index (κ3) is 3.43. The van der Waals surface area contributed by atoms with Crippen LogP contribution in [0.15, 0.2) is 69.9 Å². The van der Waals surface area contributed by atoms with E-state index in [1.165, 1.54) is 0 Å². The van der Waals surface area contributed by atoms with Crippen molar-refractivity contribution in [1.29, 1.82) is 0 Å². The molecule has 110 valence electrons. The fourth-order valence-corrected chi connectivity index (χ4v) is 2.41. The lowest BCUT2D eigenvalue weighted by Crippen LogP contribution is -2.22. The number of amides is 1. The number of benzene rings is 1. The van der Waals surface area contributed by atoms with Crippen molar-refractivity contribution in [2.75, 3.05) is 0 Å². The van der Waals surface area contributed by atoms with E-state index in [1.807, 2.05) is 36.4 Å². The minimum Gasteiger partial charge on any atom is -0.463 e. The molecule has 4 nitrogen and oxygen atoms in total. The molecule has 0 aliphatic heterocycles. The number of carbonyl (C=O) groups excluding carboxylic acids is 1. The van der Waals surface area contributed by atoms with E-state index in [1.54, 1.807) is 24.6 Å². The molecule has 0 spiro atoms. The number of nitrogens with one attached hydrogen (secondary N) is 1. The number of hydrogen-bond donors (Lipinski definition) is 1. The Kier molecular flexibility index (Phi) is 4.34. The molecule has 5 heteroatoms. The lowest BCUT2D eigenvalue weighted by Gasteiger charge is -2.06. The molecule has 3 rings (SSSR count). The van der Waals surface area contributed by atoms with E-state index in [0.29, 0.717) is 12.1 Å². The second kappa shape index (κ2) is 6.58. The number of nitrogens with zero attached hydrogens (tertiary/aromatic N) is 1. The predicted octanol–water partition coefficient (Wildman–Crippen LogP) is 4.03. The van der Waals surface area contributed by atoms with Gasteiger partial charge in [0.05, 0.1) is 6.26 Å². The van der Waals surface area contributed by atoms with Crippen LogP contribution in [0.25, 0.3) is 11.5 Å².